The van der Waals surface area contributed by atoms with Crippen molar-refractivity contribution < 1.29 is 13.9 Å². The van der Waals surface area contributed by atoms with Gasteiger partial charge in [0.25, 0.3) is 0 Å². The van der Waals surface area contributed by atoms with E-state index in [0.29, 0.717) is 5.70 Å². The second-order valence-corrected chi connectivity index (χ2v) is 6.29. The average molecular weight is 342 g/mol. The molecule has 0 aromatic heterocycles. The maximum Gasteiger partial charge on any atom is 0.123 e. The van der Waals surface area contributed by atoms with Crippen LogP contribution < -0.4 is 0 Å². The summed E-state index contributed by atoms with van der Waals surface area (Å²) >= 11 is 0. The van der Waals surface area contributed by atoms with Crippen LogP contribution in [-0.2, 0) is 0 Å². The standard InChI is InChI=1S/C20H20F2N2O/c1-13(2)20-23-18(14-3-7-16(21)8-4-14)11-19(24(20)12-25)15-5-9-17(22)10-6-15/h3-11,13,19,25H,12H2,1-2H3. The number of hydrogen-bond acceptors (Lipinski definition) is 3. The van der Waals surface area contributed by atoms with E-state index in [2.05, 4.69) is 4.99 Å². The molecule has 1 unspecified atom stereocenters. The van der Waals surface area contributed by atoms with Gasteiger partial charge in [-0.05, 0) is 48.0 Å². The molecule has 3 rings (SSSR count). The molecule has 1 aliphatic rings. The first-order valence-corrected chi connectivity index (χ1v) is 8.19. The molecular formula is C20H20F2N2O. The third-order valence-corrected chi connectivity index (χ3v) is 4.20. The van der Waals surface area contributed by atoms with Gasteiger partial charge in [-0.2, -0.15) is 0 Å². The number of hydrogen-bond donors (Lipinski definition) is 1. The van der Waals surface area contributed by atoms with Crippen LogP contribution >= 0.6 is 0 Å². The fourth-order valence-corrected chi connectivity index (χ4v) is 2.95. The number of aliphatic imine (C=N–C) groups is 1. The highest BCUT2D eigenvalue weighted by molar-refractivity contribution is 5.92. The zero-order valence-corrected chi connectivity index (χ0v) is 14.2. The first kappa shape index (κ1) is 17.3. The lowest BCUT2D eigenvalue weighted by atomic mass is 9.98. The van der Waals surface area contributed by atoms with E-state index in [1.165, 1.54) is 24.3 Å². The first-order valence-electron chi connectivity index (χ1n) is 8.19. The van der Waals surface area contributed by atoms with Crippen LogP contribution in [0.15, 0.2) is 59.6 Å². The number of aliphatic hydroxyl groups excluding tert-OH is 1. The normalized spacial score (nSPS) is 17.5. The Kier molecular flexibility index (Phi) is 4.95. The van der Waals surface area contributed by atoms with Crippen molar-refractivity contribution in [2.24, 2.45) is 10.9 Å². The molecule has 5 heteroatoms. The van der Waals surface area contributed by atoms with Crippen LogP contribution in [-0.4, -0.2) is 22.6 Å². The van der Waals surface area contributed by atoms with Crippen LogP contribution in [0.5, 0.6) is 0 Å². The van der Waals surface area contributed by atoms with Crippen molar-refractivity contribution in [3.63, 3.8) is 0 Å². The zero-order chi connectivity index (χ0) is 18.0. The van der Waals surface area contributed by atoms with Gasteiger partial charge in [0.05, 0.1) is 11.7 Å². The first-order chi connectivity index (χ1) is 12.0. The molecule has 130 valence electrons. The molecule has 1 heterocycles. The molecule has 1 atom stereocenters. The molecule has 1 N–H and O–H groups in total. The lowest BCUT2D eigenvalue weighted by molar-refractivity contribution is 0.144. The van der Waals surface area contributed by atoms with Crippen LogP contribution in [0.25, 0.3) is 5.70 Å². The molecule has 0 saturated carbocycles. The van der Waals surface area contributed by atoms with Crippen molar-refractivity contribution in [1.82, 2.24) is 4.90 Å². The Morgan fingerprint density at radius 3 is 2.08 bits per heavy atom. The molecule has 0 aliphatic carbocycles. The second-order valence-electron chi connectivity index (χ2n) is 6.29. The van der Waals surface area contributed by atoms with Gasteiger partial charge in [0.15, 0.2) is 0 Å². The van der Waals surface area contributed by atoms with Gasteiger partial charge in [-0.3, -0.25) is 0 Å². The average Bonchev–Trinajstić information content (AvgIpc) is 2.62. The Balaban J connectivity index is 2.09. The minimum atomic E-state index is -0.310. The molecule has 0 saturated heterocycles. The topological polar surface area (TPSA) is 35.8 Å². The number of aliphatic hydroxyl groups is 1. The predicted octanol–water partition coefficient (Wildman–Crippen LogP) is 4.37. The maximum absolute atomic E-state index is 13.3. The molecule has 3 nitrogen and oxygen atoms in total. The number of benzene rings is 2. The highest BCUT2D eigenvalue weighted by Crippen LogP contribution is 2.33. The summed E-state index contributed by atoms with van der Waals surface area (Å²) in [6, 6.07) is 12.1. The van der Waals surface area contributed by atoms with Gasteiger partial charge in [0.2, 0.25) is 0 Å². The van der Waals surface area contributed by atoms with Crippen molar-refractivity contribution in [2.45, 2.75) is 19.9 Å². The van der Waals surface area contributed by atoms with Gasteiger partial charge in [0, 0.05) is 11.5 Å². The van der Waals surface area contributed by atoms with E-state index in [0.717, 1.165) is 17.0 Å². The van der Waals surface area contributed by atoms with E-state index < -0.39 is 0 Å². The van der Waals surface area contributed by atoms with E-state index in [1.807, 2.05) is 19.9 Å². The number of nitrogens with zero attached hydrogens (tertiary/aromatic N) is 2. The summed E-state index contributed by atoms with van der Waals surface area (Å²) in [5.74, 6) is 0.203. The van der Waals surface area contributed by atoms with Crippen molar-refractivity contribution in [3.05, 3.63) is 77.4 Å². The number of halogens is 2. The minimum Gasteiger partial charge on any atom is -0.376 e. The predicted molar refractivity (Wildman–Crippen MR) is 94.7 cm³/mol. The third-order valence-electron chi connectivity index (χ3n) is 4.20. The lowest BCUT2D eigenvalue weighted by Gasteiger charge is -2.36. The Morgan fingerprint density at radius 2 is 1.56 bits per heavy atom. The molecule has 0 radical (unpaired) electrons. The van der Waals surface area contributed by atoms with E-state index in [-0.39, 0.29) is 30.3 Å². The zero-order valence-electron chi connectivity index (χ0n) is 14.2. The highest BCUT2D eigenvalue weighted by atomic mass is 19.1. The van der Waals surface area contributed by atoms with Crippen LogP contribution in [0, 0.1) is 17.6 Å². The number of amidine groups is 1. The van der Waals surface area contributed by atoms with E-state index in [1.54, 1.807) is 29.2 Å². The SMILES string of the molecule is CC(C)C1=NC(c2ccc(F)cc2)=CC(c2ccc(F)cc2)N1CO. The maximum atomic E-state index is 13.3. The molecule has 2 aromatic rings. The quantitative estimate of drug-likeness (QED) is 0.896. The summed E-state index contributed by atoms with van der Waals surface area (Å²) < 4.78 is 26.5. The summed E-state index contributed by atoms with van der Waals surface area (Å²) in [5, 5.41) is 9.88. The van der Waals surface area contributed by atoms with Crippen LogP contribution in [0.2, 0.25) is 0 Å². The second kappa shape index (κ2) is 7.15. The van der Waals surface area contributed by atoms with Crippen LogP contribution in [0.1, 0.15) is 31.0 Å². The Labute approximate surface area is 145 Å². The summed E-state index contributed by atoms with van der Waals surface area (Å²) in [4.78, 5) is 6.46. The molecule has 0 fully saturated rings. The molecule has 1 aliphatic heterocycles. The van der Waals surface area contributed by atoms with Crippen LogP contribution in [0.3, 0.4) is 0 Å². The third kappa shape index (κ3) is 3.61. The van der Waals surface area contributed by atoms with Crippen LogP contribution in [0.4, 0.5) is 8.78 Å². The fourth-order valence-electron chi connectivity index (χ4n) is 2.95. The molecular weight excluding hydrogens is 322 g/mol. The van der Waals surface area contributed by atoms with Crippen molar-refractivity contribution in [2.75, 3.05) is 6.73 Å². The van der Waals surface area contributed by atoms with Gasteiger partial charge in [0.1, 0.15) is 24.2 Å². The van der Waals surface area contributed by atoms with E-state index >= 15 is 0 Å². The van der Waals surface area contributed by atoms with E-state index in [4.69, 9.17) is 0 Å². The molecule has 0 spiro atoms. The summed E-state index contributed by atoms with van der Waals surface area (Å²) in [7, 11) is 0. The summed E-state index contributed by atoms with van der Waals surface area (Å²) in [6.07, 6.45) is 1.91. The monoisotopic (exact) mass is 342 g/mol. The number of rotatable bonds is 4. The molecule has 2 aromatic carbocycles. The Bertz CT molecular complexity index is 795. The van der Waals surface area contributed by atoms with Gasteiger partial charge in [-0.15, -0.1) is 0 Å². The van der Waals surface area contributed by atoms with Crippen molar-refractivity contribution >= 4 is 11.5 Å². The molecule has 25 heavy (non-hydrogen) atoms. The highest BCUT2D eigenvalue weighted by Gasteiger charge is 2.28. The lowest BCUT2D eigenvalue weighted by Crippen LogP contribution is -2.39. The molecule has 0 amide bonds. The largest absolute Gasteiger partial charge is 0.376 e. The summed E-state index contributed by atoms with van der Waals surface area (Å²) in [5.41, 5.74) is 2.36. The molecule has 0 bridgehead atoms. The van der Waals surface area contributed by atoms with Gasteiger partial charge < -0.3 is 10.0 Å². The van der Waals surface area contributed by atoms with Gasteiger partial charge in [-0.1, -0.05) is 26.0 Å². The Hall–Kier alpha value is -2.53. The Morgan fingerprint density at radius 1 is 1.00 bits per heavy atom. The van der Waals surface area contributed by atoms with Gasteiger partial charge >= 0.3 is 0 Å². The van der Waals surface area contributed by atoms with Crippen molar-refractivity contribution in [3.8, 4) is 0 Å². The van der Waals surface area contributed by atoms with Crippen molar-refractivity contribution in [1.29, 1.82) is 0 Å². The van der Waals surface area contributed by atoms with Gasteiger partial charge in [-0.25, -0.2) is 13.8 Å². The smallest absolute Gasteiger partial charge is 0.123 e. The van der Waals surface area contributed by atoms with E-state index in [9.17, 15) is 13.9 Å². The minimum absolute atomic E-state index is 0.0826. The summed E-state index contributed by atoms with van der Waals surface area (Å²) in [6.45, 7) is 3.79. The fraction of sp³-hybridized carbons (Fsp3) is 0.250.